The number of nitrogen functional groups attached to an aromatic ring is 1. The third kappa shape index (κ3) is 5.63. The van der Waals surface area contributed by atoms with Gasteiger partial charge in [0.15, 0.2) is 0 Å². The average Bonchev–Trinajstić information content (AvgIpc) is 2.49. The van der Waals surface area contributed by atoms with Crippen LogP contribution in [0.2, 0.25) is 0 Å². The molecule has 0 spiro atoms. The van der Waals surface area contributed by atoms with Crippen molar-refractivity contribution >= 4 is 11.7 Å². The van der Waals surface area contributed by atoms with Crippen molar-refractivity contribution in [2.75, 3.05) is 38.6 Å². The van der Waals surface area contributed by atoms with Gasteiger partial charge in [0.25, 0.3) is 0 Å². The lowest BCUT2D eigenvalue weighted by Crippen LogP contribution is -2.28. The quantitative estimate of drug-likeness (QED) is 0.560. The van der Waals surface area contributed by atoms with Crippen molar-refractivity contribution in [3.63, 3.8) is 0 Å². The Morgan fingerprint density at radius 3 is 2.48 bits per heavy atom. The summed E-state index contributed by atoms with van der Waals surface area (Å²) in [7, 11) is 0. The molecule has 0 atom stereocenters. The summed E-state index contributed by atoms with van der Waals surface area (Å²) in [5.41, 5.74) is 6.66. The lowest BCUT2D eigenvalue weighted by molar-refractivity contribution is 0.0467. The van der Waals surface area contributed by atoms with Gasteiger partial charge in [-0.05, 0) is 31.6 Å². The van der Waals surface area contributed by atoms with E-state index in [0.717, 1.165) is 26.1 Å². The van der Waals surface area contributed by atoms with Crippen molar-refractivity contribution in [1.29, 1.82) is 0 Å². The first-order chi connectivity index (χ1) is 10.1. The summed E-state index contributed by atoms with van der Waals surface area (Å²) in [6.45, 7) is 9.82. The Labute approximate surface area is 127 Å². The van der Waals surface area contributed by atoms with E-state index in [0.29, 0.717) is 30.2 Å². The van der Waals surface area contributed by atoms with Gasteiger partial charge in [-0.1, -0.05) is 20.8 Å². The maximum Gasteiger partial charge on any atom is 0.340 e. The average molecular weight is 294 g/mol. The van der Waals surface area contributed by atoms with Crippen LogP contribution in [0.1, 0.15) is 37.6 Å². The van der Waals surface area contributed by atoms with E-state index < -0.39 is 0 Å². The Balaban J connectivity index is 2.54. The highest BCUT2D eigenvalue weighted by atomic mass is 16.5. The van der Waals surface area contributed by atoms with E-state index in [4.69, 9.17) is 15.2 Å². The third-order valence-electron chi connectivity index (χ3n) is 3.25. The summed E-state index contributed by atoms with van der Waals surface area (Å²) in [5, 5.41) is 0. The van der Waals surface area contributed by atoms with Crippen molar-refractivity contribution in [2.24, 2.45) is 0 Å². The molecule has 0 aliphatic heterocycles. The van der Waals surface area contributed by atoms with Crippen LogP contribution in [0.3, 0.4) is 0 Å². The fourth-order valence-corrected chi connectivity index (χ4v) is 1.92. The lowest BCUT2D eigenvalue weighted by atomic mass is 10.2. The highest BCUT2D eigenvalue weighted by Gasteiger charge is 2.12. The summed E-state index contributed by atoms with van der Waals surface area (Å²) in [5.74, 6) is 0.288. The van der Waals surface area contributed by atoms with E-state index in [9.17, 15) is 4.79 Å². The molecule has 0 saturated heterocycles. The number of nitrogens with two attached hydrogens (primary N) is 1. The molecule has 0 radical (unpaired) electrons. The molecule has 0 aliphatic rings. The molecule has 1 rings (SSSR count). The molecule has 0 bridgehead atoms. The van der Waals surface area contributed by atoms with Crippen molar-refractivity contribution in [3.8, 4) is 5.75 Å². The van der Waals surface area contributed by atoms with E-state index in [-0.39, 0.29) is 5.97 Å². The summed E-state index contributed by atoms with van der Waals surface area (Å²) in [6.07, 6.45) is 0.926. The van der Waals surface area contributed by atoms with Crippen molar-refractivity contribution in [2.45, 2.75) is 27.2 Å². The second-order valence-corrected chi connectivity index (χ2v) is 4.76. The largest absolute Gasteiger partial charge is 0.494 e. The first kappa shape index (κ1) is 17.3. The highest BCUT2D eigenvalue weighted by molar-refractivity contribution is 5.95. The molecule has 1 aromatic rings. The number of likely N-dealkylation sites (N-methyl/N-ethyl adjacent to an activating group) is 1. The van der Waals surface area contributed by atoms with Crippen LogP contribution in [0, 0.1) is 0 Å². The molecule has 0 aromatic heterocycles. The van der Waals surface area contributed by atoms with Gasteiger partial charge in [0.05, 0.1) is 12.2 Å². The van der Waals surface area contributed by atoms with Gasteiger partial charge < -0.3 is 20.1 Å². The first-order valence-corrected chi connectivity index (χ1v) is 7.54. The molecule has 118 valence electrons. The van der Waals surface area contributed by atoms with Crippen LogP contribution < -0.4 is 10.5 Å². The second-order valence-electron chi connectivity index (χ2n) is 4.76. The van der Waals surface area contributed by atoms with Crippen LogP contribution in [0.4, 0.5) is 5.69 Å². The zero-order valence-electron chi connectivity index (χ0n) is 13.2. The Bertz CT molecular complexity index is 445. The van der Waals surface area contributed by atoms with Crippen molar-refractivity contribution in [1.82, 2.24) is 4.90 Å². The topological polar surface area (TPSA) is 64.8 Å². The number of carbonyl (C=O) groups is 1. The Kier molecular flexibility index (Phi) is 7.61. The third-order valence-corrected chi connectivity index (χ3v) is 3.25. The fraction of sp³-hybridized carbons (Fsp3) is 0.562. The van der Waals surface area contributed by atoms with Gasteiger partial charge in [-0.3, -0.25) is 0 Å². The van der Waals surface area contributed by atoms with Gasteiger partial charge >= 0.3 is 5.97 Å². The predicted octanol–water partition coefficient (Wildman–Crippen LogP) is 2.56. The zero-order valence-corrected chi connectivity index (χ0v) is 13.2. The van der Waals surface area contributed by atoms with E-state index in [1.165, 1.54) is 0 Å². The van der Waals surface area contributed by atoms with Gasteiger partial charge in [-0.25, -0.2) is 4.79 Å². The number of carbonyl (C=O) groups excluding carboxylic acids is 1. The van der Waals surface area contributed by atoms with Crippen LogP contribution in [0.15, 0.2) is 18.2 Å². The number of benzene rings is 1. The second kappa shape index (κ2) is 9.23. The molecular formula is C16H26N2O3. The fourth-order valence-electron chi connectivity index (χ4n) is 1.92. The summed E-state index contributed by atoms with van der Waals surface area (Å²) < 4.78 is 10.7. The summed E-state index contributed by atoms with van der Waals surface area (Å²) in [4.78, 5) is 14.2. The number of esters is 1. The monoisotopic (exact) mass is 294 g/mol. The Hall–Kier alpha value is -1.75. The molecule has 0 unspecified atom stereocenters. The normalized spacial score (nSPS) is 10.7. The maximum atomic E-state index is 12.0. The van der Waals surface area contributed by atoms with Crippen LogP contribution in [-0.2, 0) is 4.74 Å². The van der Waals surface area contributed by atoms with Crippen LogP contribution in [0.25, 0.3) is 0 Å². The molecule has 0 heterocycles. The van der Waals surface area contributed by atoms with E-state index >= 15 is 0 Å². The Morgan fingerprint density at radius 2 is 1.90 bits per heavy atom. The van der Waals surface area contributed by atoms with Crippen LogP contribution in [0.5, 0.6) is 5.75 Å². The highest BCUT2D eigenvalue weighted by Crippen LogP contribution is 2.20. The first-order valence-electron chi connectivity index (χ1n) is 7.54. The molecule has 21 heavy (non-hydrogen) atoms. The number of nitrogens with zero attached hydrogens (tertiary/aromatic N) is 1. The molecule has 0 saturated carbocycles. The molecule has 1 aromatic carbocycles. The zero-order chi connectivity index (χ0) is 15.7. The number of hydrogen-bond acceptors (Lipinski definition) is 5. The van der Waals surface area contributed by atoms with E-state index in [1.807, 2.05) is 6.92 Å². The summed E-state index contributed by atoms with van der Waals surface area (Å²) in [6, 6.07) is 5.06. The lowest BCUT2D eigenvalue weighted by Gasteiger charge is -2.17. The molecule has 0 amide bonds. The number of hydrogen-bond donors (Lipinski definition) is 1. The van der Waals surface area contributed by atoms with Gasteiger partial charge in [0.2, 0.25) is 0 Å². The van der Waals surface area contributed by atoms with Crippen molar-refractivity contribution < 1.29 is 14.3 Å². The minimum atomic E-state index is -0.387. The SMILES string of the molecule is CCCOc1ccc(C(=O)OCCN(CC)CC)c(N)c1. The molecular weight excluding hydrogens is 268 g/mol. The predicted molar refractivity (Wildman–Crippen MR) is 84.7 cm³/mol. The molecule has 5 heteroatoms. The standard InChI is InChI=1S/C16H26N2O3/c1-4-10-20-13-7-8-14(15(17)12-13)16(19)21-11-9-18(5-2)6-3/h7-8,12H,4-6,9-11,17H2,1-3H3. The van der Waals surface area contributed by atoms with Gasteiger partial charge in [-0.15, -0.1) is 0 Å². The van der Waals surface area contributed by atoms with Gasteiger partial charge in [-0.2, -0.15) is 0 Å². The minimum Gasteiger partial charge on any atom is -0.494 e. The molecule has 0 aliphatic carbocycles. The van der Waals surface area contributed by atoms with Gasteiger partial charge in [0, 0.05) is 18.3 Å². The van der Waals surface area contributed by atoms with E-state index in [1.54, 1.807) is 18.2 Å². The summed E-state index contributed by atoms with van der Waals surface area (Å²) >= 11 is 0. The van der Waals surface area contributed by atoms with Gasteiger partial charge in [0.1, 0.15) is 12.4 Å². The van der Waals surface area contributed by atoms with Crippen LogP contribution in [-0.4, -0.2) is 43.7 Å². The molecule has 0 fully saturated rings. The minimum absolute atomic E-state index is 0.369. The van der Waals surface area contributed by atoms with Crippen molar-refractivity contribution in [3.05, 3.63) is 23.8 Å². The Morgan fingerprint density at radius 1 is 1.19 bits per heavy atom. The smallest absolute Gasteiger partial charge is 0.340 e. The molecule has 2 N–H and O–H groups in total. The maximum absolute atomic E-state index is 12.0. The van der Waals surface area contributed by atoms with Crippen LogP contribution >= 0.6 is 0 Å². The number of ether oxygens (including phenoxy) is 2. The number of anilines is 1. The van der Waals surface area contributed by atoms with E-state index in [2.05, 4.69) is 18.7 Å². The molecule has 5 nitrogen and oxygen atoms in total. The number of rotatable bonds is 9.